The summed E-state index contributed by atoms with van der Waals surface area (Å²) >= 11 is 0. The molecular formula is C29H36FN3O2. The first-order chi connectivity index (χ1) is 16.8. The number of rotatable bonds is 11. The summed E-state index contributed by atoms with van der Waals surface area (Å²) < 4.78 is 16.4. The monoisotopic (exact) mass is 477 g/mol. The molecule has 3 rings (SSSR count). The van der Waals surface area contributed by atoms with Crippen LogP contribution in [0.4, 0.5) is 4.39 Å². The van der Waals surface area contributed by atoms with E-state index in [4.69, 9.17) is 0 Å². The Labute approximate surface area is 208 Å². The Balaban J connectivity index is 1.78. The van der Waals surface area contributed by atoms with Gasteiger partial charge in [-0.25, -0.2) is 4.39 Å². The van der Waals surface area contributed by atoms with Crippen molar-refractivity contribution in [1.82, 2.24) is 14.4 Å². The van der Waals surface area contributed by atoms with Gasteiger partial charge in [0.1, 0.15) is 12.4 Å². The molecule has 0 saturated heterocycles. The predicted octanol–water partition coefficient (Wildman–Crippen LogP) is 5.66. The van der Waals surface area contributed by atoms with Crippen LogP contribution in [0.25, 0.3) is 0 Å². The Morgan fingerprint density at radius 1 is 1.03 bits per heavy atom. The van der Waals surface area contributed by atoms with E-state index in [1.165, 1.54) is 28.2 Å². The van der Waals surface area contributed by atoms with E-state index in [2.05, 4.69) is 42.7 Å². The van der Waals surface area contributed by atoms with Crippen LogP contribution in [-0.4, -0.2) is 45.3 Å². The van der Waals surface area contributed by atoms with Gasteiger partial charge in [0.15, 0.2) is 0 Å². The van der Waals surface area contributed by atoms with Crippen molar-refractivity contribution >= 4 is 11.8 Å². The fourth-order valence-corrected chi connectivity index (χ4v) is 4.11. The molecule has 0 aliphatic heterocycles. The largest absolute Gasteiger partial charge is 0.345 e. The lowest BCUT2D eigenvalue weighted by Crippen LogP contribution is -2.46. The molecule has 0 aliphatic carbocycles. The lowest BCUT2D eigenvalue weighted by molar-refractivity contribution is -0.133. The highest BCUT2D eigenvalue weighted by Gasteiger charge is 2.26. The van der Waals surface area contributed by atoms with Crippen molar-refractivity contribution < 1.29 is 14.0 Å². The van der Waals surface area contributed by atoms with E-state index in [0.29, 0.717) is 13.1 Å². The number of carbonyl (C=O) groups excluding carboxylic acids is 2. The quantitative estimate of drug-likeness (QED) is 0.358. The van der Waals surface area contributed by atoms with Gasteiger partial charge in [-0.2, -0.15) is 0 Å². The van der Waals surface area contributed by atoms with Gasteiger partial charge in [0.25, 0.3) is 5.91 Å². The summed E-state index contributed by atoms with van der Waals surface area (Å²) in [6.45, 7) is 9.55. The molecule has 0 saturated carbocycles. The fraction of sp³-hybridized carbons (Fsp3) is 0.379. The number of benzene rings is 2. The van der Waals surface area contributed by atoms with E-state index in [0.717, 1.165) is 25.1 Å². The molecular weight excluding hydrogens is 441 g/mol. The Kier molecular flexibility index (Phi) is 9.24. The van der Waals surface area contributed by atoms with Crippen molar-refractivity contribution in [2.45, 2.75) is 59.7 Å². The molecule has 0 fully saturated rings. The summed E-state index contributed by atoms with van der Waals surface area (Å²) in [5.41, 5.74) is 3.44. The Morgan fingerprint density at radius 2 is 1.80 bits per heavy atom. The minimum absolute atomic E-state index is 0.0128. The molecule has 186 valence electrons. The maximum atomic E-state index is 14.3. The summed E-state index contributed by atoms with van der Waals surface area (Å²) in [4.78, 5) is 29.8. The van der Waals surface area contributed by atoms with Gasteiger partial charge in [0.2, 0.25) is 5.91 Å². The Morgan fingerprint density at radius 3 is 2.49 bits per heavy atom. The molecule has 35 heavy (non-hydrogen) atoms. The van der Waals surface area contributed by atoms with Gasteiger partial charge < -0.3 is 14.4 Å². The van der Waals surface area contributed by atoms with Crippen LogP contribution < -0.4 is 0 Å². The normalized spacial score (nSPS) is 11.0. The highest BCUT2D eigenvalue weighted by molar-refractivity contribution is 5.97. The number of aromatic nitrogens is 1. The van der Waals surface area contributed by atoms with E-state index in [1.54, 1.807) is 12.1 Å². The number of hydrogen-bond donors (Lipinski definition) is 0. The molecule has 0 atom stereocenters. The van der Waals surface area contributed by atoms with Crippen molar-refractivity contribution in [2.24, 2.45) is 0 Å². The first-order valence-corrected chi connectivity index (χ1v) is 12.3. The molecule has 0 radical (unpaired) electrons. The van der Waals surface area contributed by atoms with Crippen molar-refractivity contribution in [2.75, 3.05) is 13.1 Å². The number of nitrogens with zero attached hydrogens (tertiary/aromatic N) is 3. The van der Waals surface area contributed by atoms with Crippen molar-refractivity contribution in [3.63, 3.8) is 0 Å². The topological polar surface area (TPSA) is 45.6 Å². The lowest BCUT2D eigenvalue weighted by Gasteiger charge is -2.30. The molecule has 1 aromatic heterocycles. The van der Waals surface area contributed by atoms with Crippen LogP contribution in [-0.2, 0) is 17.9 Å². The zero-order valence-electron chi connectivity index (χ0n) is 21.2. The first-order valence-electron chi connectivity index (χ1n) is 12.3. The van der Waals surface area contributed by atoms with Gasteiger partial charge in [-0.1, -0.05) is 55.3 Å². The molecule has 0 bridgehead atoms. The molecule has 0 unspecified atom stereocenters. The number of halogens is 1. The SMILES string of the molecule is CCCCN(Cc1cccn1Cc1cccc(C)c1)C(=O)CN(C(=O)c1ccccc1F)C(C)C. The molecule has 6 heteroatoms. The van der Waals surface area contributed by atoms with Crippen LogP contribution in [0.5, 0.6) is 0 Å². The minimum Gasteiger partial charge on any atom is -0.345 e. The highest BCUT2D eigenvalue weighted by atomic mass is 19.1. The van der Waals surface area contributed by atoms with Gasteiger partial charge >= 0.3 is 0 Å². The van der Waals surface area contributed by atoms with Gasteiger partial charge in [0.05, 0.1) is 12.1 Å². The molecule has 5 nitrogen and oxygen atoms in total. The van der Waals surface area contributed by atoms with Crippen molar-refractivity contribution in [3.05, 3.63) is 95.1 Å². The third-order valence-corrected chi connectivity index (χ3v) is 6.14. The summed E-state index contributed by atoms with van der Waals surface area (Å²) in [5.74, 6) is -1.18. The van der Waals surface area contributed by atoms with E-state index in [1.807, 2.05) is 37.1 Å². The Hall–Kier alpha value is -3.41. The summed E-state index contributed by atoms with van der Waals surface area (Å²) in [7, 11) is 0. The zero-order chi connectivity index (χ0) is 25.4. The summed E-state index contributed by atoms with van der Waals surface area (Å²) in [6, 6.07) is 18.1. The van der Waals surface area contributed by atoms with Gasteiger partial charge in [-0.15, -0.1) is 0 Å². The third kappa shape index (κ3) is 7.04. The van der Waals surface area contributed by atoms with Crippen LogP contribution >= 0.6 is 0 Å². The second kappa shape index (κ2) is 12.3. The molecule has 0 N–H and O–H groups in total. The summed E-state index contributed by atoms with van der Waals surface area (Å²) in [5, 5.41) is 0. The second-order valence-electron chi connectivity index (χ2n) is 9.29. The zero-order valence-corrected chi connectivity index (χ0v) is 21.2. The van der Waals surface area contributed by atoms with Crippen LogP contribution in [0.1, 0.15) is 60.8 Å². The average Bonchev–Trinajstić information content (AvgIpc) is 3.26. The van der Waals surface area contributed by atoms with Gasteiger partial charge in [-0.3, -0.25) is 9.59 Å². The van der Waals surface area contributed by atoms with E-state index in [-0.39, 0.29) is 24.1 Å². The number of carbonyl (C=O) groups is 2. The molecule has 1 heterocycles. The predicted molar refractivity (Wildman–Crippen MR) is 138 cm³/mol. The molecule has 3 aromatic rings. The first kappa shape index (κ1) is 26.2. The smallest absolute Gasteiger partial charge is 0.257 e. The van der Waals surface area contributed by atoms with Crippen LogP contribution in [0, 0.1) is 12.7 Å². The van der Waals surface area contributed by atoms with E-state index >= 15 is 0 Å². The van der Waals surface area contributed by atoms with Crippen LogP contribution in [0.3, 0.4) is 0 Å². The van der Waals surface area contributed by atoms with Crippen LogP contribution in [0.2, 0.25) is 0 Å². The lowest BCUT2D eigenvalue weighted by atomic mass is 10.1. The third-order valence-electron chi connectivity index (χ3n) is 6.14. The van der Waals surface area contributed by atoms with Crippen molar-refractivity contribution in [1.29, 1.82) is 0 Å². The number of amides is 2. The maximum Gasteiger partial charge on any atom is 0.257 e. The van der Waals surface area contributed by atoms with Crippen molar-refractivity contribution in [3.8, 4) is 0 Å². The Bertz CT molecular complexity index is 1140. The molecule has 2 aromatic carbocycles. The number of unbranched alkanes of at least 4 members (excludes halogenated alkanes) is 1. The average molecular weight is 478 g/mol. The molecule has 0 spiro atoms. The van der Waals surface area contributed by atoms with Crippen LogP contribution in [0.15, 0.2) is 66.9 Å². The molecule has 2 amide bonds. The molecule has 0 aliphatic rings. The maximum absolute atomic E-state index is 14.3. The highest BCUT2D eigenvalue weighted by Crippen LogP contribution is 2.16. The number of aryl methyl sites for hydroxylation is 1. The van der Waals surface area contributed by atoms with Gasteiger partial charge in [0, 0.05) is 31.0 Å². The number of hydrogen-bond acceptors (Lipinski definition) is 2. The fourth-order valence-electron chi connectivity index (χ4n) is 4.11. The summed E-state index contributed by atoms with van der Waals surface area (Å²) in [6.07, 6.45) is 3.85. The minimum atomic E-state index is -0.576. The van der Waals surface area contributed by atoms with Gasteiger partial charge in [-0.05, 0) is 57.0 Å². The van der Waals surface area contributed by atoms with E-state index < -0.39 is 11.7 Å². The van der Waals surface area contributed by atoms with E-state index in [9.17, 15) is 14.0 Å². The second-order valence-corrected chi connectivity index (χ2v) is 9.29. The standard InChI is InChI=1S/C29H36FN3O2/c1-5-6-16-32(20-25-13-10-17-31(25)19-24-12-9-11-23(4)18-24)28(34)21-33(22(2)3)29(35)26-14-7-8-15-27(26)30/h7-15,17-18,22H,5-6,16,19-21H2,1-4H3.